The first-order valence-electron chi connectivity index (χ1n) is 9.89. The number of amides is 1. The summed E-state index contributed by atoms with van der Waals surface area (Å²) in [4.78, 5) is 15.6. The third-order valence-corrected chi connectivity index (χ3v) is 6.15. The summed E-state index contributed by atoms with van der Waals surface area (Å²) in [6.07, 6.45) is 3.45. The second-order valence-electron chi connectivity index (χ2n) is 7.03. The minimum Gasteiger partial charge on any atom is -0.496 e. The standard InChI is InChI=1S/C22H20N6O5S/c1-14-24-11-12-28(14)20-9-10-21(26-25-20)33-16-5-3-15(4-6-16)27-34(30,31)17-7-8-19(32-2)18(13-17)22(23)29/h3-13,27H,1-2H3,(H2,23,29). The molecule has 174 valence electrons. The summed E-state index contributed by atoms with van der Waals surface area (Å²) < 4.78 is 40.4. The maximum absolute atomic E-state index is 12.7. The van der Waals surface area contributed by atoms with E-state index in [4.69, 9.17) is 15.2 Å². The summed E-state index contributed by atoms with van der Waals surface area (Å²) in [6, 6.07) is 13.5. The van der Waals surface area contributed by atoms with Crippen molar-refractivity contribution in [1.82, 2.24) is 19.7 Å². The summed E-state index contributed by atoms with van der Waals surface area (Å²) in [6.45, 7) is 1.85. The van der Waals surface area contributed by atoms with Gasteiger partial charge in [-0.15, -0.1) is 10.2 Å². The molecule has 0 atom stereocenters. The molecule has 4 rings (SSSR count). The summed E-state index contributed by atoms with van der Waals surface area (Å²) in [5.74, 6) is 1.47. The molecule has 0 fully saturated rings. The van der Waals surface area contributed by atoms with Crippen molar-refractivity contribution >= 4 is 21.6 Å². The number of nitrogens with one attached hydrogen (secondary N) is 1. The number of aromatic nitrogens is 4. The zero-order valence-electron chi connectivity index (χ0n) is 18.2. The number of aryl methyl sites for hydroxylation is 1. The molecule has 11 nitrogen and oxygen atoms in total. The number of ether oxygens (including phenoxy) is 2. The number of methoxy groups -OCH3 is 1. The number of hydrogen-bond donors (Lipinski definition) is 2. The number of sulfonamides is 1. The van der Waals surface area contributed by atoms with Gasteiger partial charge in [0.2, 0.25) is 5.88 Å². The number of rotatable bonds is 8. The Morgan fingerprint density at radius 2 is 1.82 bits per heavy atom. The highest BCUT2D eigenvalue weighted by molar-refractivity contribution is 7.92. The predicted octanol–water partition coefficient (Wildman–Crippen LogP) is 2.67. The second kappa shape index (κ2) is 9.19. The number of primary amides is 1. The highest BCUT2D eigenvalue weighted by atomic mass is 32.2. The molecule has 0 bridgehead atoms. The van der Waals surface area contributed by atoms with Crippen LogP contribution in [0.2, 0.25) is 0 Å². The van der Waals surface area contributed by atoms with Crippen LogP contribution in [-0.2, 0) is 10.0 Å². The smallest absolute Gasteiger partial charge is 0.261 e. The molecule has 2 aromatic carbocycles. The average molecular weight is 481 g/mol. The Kier molecular flexibility index (Phi) is 6.15. The van der Waals surface area contributed by atoms with Crippen LogP contribution in [0.3, 0.4) is 0 Å². The first-order chi connectivity index (χ1) is 16.3. The van der Waals surface area contributed by atoms with Gasteiger partial charge >= 0.3 is 0 Å². The molecule has 0 radical (unpaired) electrons. The van der Waals surface area contributed by atoms with Crippen LogP contribution in [0.4, 0.5) is 5.69 Å². The van der Waals surface area contributed by atoms with Gasteiger partial charge in [0.05, 0.1) is 17.6 Å². The first-order valence-corrected chi connectivity index (χ1v) is 11.4. The zero-order valence-corrected chi connectivity index (χ0v) is 19.0. The fraction of sp³-hybridized carbons (Fsp3) is 0.0909. The van der Waals surface area contributed by atoms with Gasteiger partial charge in [-0.2, -0.15) is 0 Å². The number of nitrogens with two attached hydrogens (primary N) is 1. The lowest BCUT2D eigenvalue weighted by molar-refractivity contribution is 0.0997. The summed E-state index contributed by atoms with van der Waals surface area (Å²) in [5.41, 5.74) is 5.57. The van der Waals surface area contributed by atoms with E-state index in [1.807, 2.05) is 6.92 Å². The van der Waals surface area contributed by atoms with Crippen molar-refractivity contribution in [2.75, 3.05) is 11.8 Å². The van der Waals surface area contributed by atoms with Crippen molar-refractivity contribution in [2.24, 2.45) is 5.73 Å². The van der Waals surface area contributed by atoms with Crippen LogP contribution in [0.15, 0.2) is 71.9 Å². The van der Waals surface area contributed by atoms with E-state index >= 15 is 0 Å². The molecule has 0 aliphatic rings. The minimum atomic E-state index is -3.98. The van der Waals surface area contributed by atoms with Gasteiger partial charge in [0.1, 0.15) is 17.3 Å². The molecule has 0 saturated heterocycles. The van der Waals surface area contributed by atoms with E-state index in [2.05, 4.69) is 19.9 Å². The Labute approximate surface area is 195 Å². The normalized spacial score (nSPS) is 11.1. The molecule has 34 heavy (non-hydrogen) atoms. The van der Waals surface area contributed by atoms with Gasteiger partial charge in [-0.25, -0.2) is 13.4 Å². The molecular weight excluding hydrogens is 460 g/mol. The molecular formula is C22H20N6O5S. The Morgan fingerprint density at radius 1 is 1.06 bits per heavy atom. The summed E-state index contributed by atoms with van der Waals surface area (Å²) in [5, 5.41) is 8.17. The van der Waals surface area contributed by atoms with Crippen LogP contribution in [0.25, 0.3) is 5.82 Å². The van der Waals surface area contributed by atoms with Gasteiger partial charge in [0, 0.05) is 24.1 Å². The first kappa shape index (κ1) is 22.7. The Bertz CT molecular complexity index is 1430. The van der Waals surface area contributed by atoms with Crippen LogP contribution in [-0.4, -0.2) is 41.2 Å². The number of hydrogen-bond acceptors (Lipinski definition) is 8. The maximum Gasteiger partial charge on any atom is 0.261 e. The molecule has 3 N–H and O–H groups in total. The molecule has 2 aromatic heterocycles. The monoisotopic (exact) mass is 480 g/mol. The van der Waals surface area contributed by atoms with Gasteiger partial charge < -0.3 is 15.2 Å². The predicted molar refractivity (Wildman–Crippen MR) is 123 cm³/mol. The average Bonchev–Trinajstić information content (AvgIpc) is 3.26. The minimum absolute atomic E-state index is 0.0375. The molecule has 0 saturated carbocycles. The molecule has 0 unspecified atom stereocenters. The van der Waals surface area contributed by atoms with Gasteiger partial charge in [-0.3, -0.25) is 14.1 Å². The lowest BCUT2D eigenvalue weighted by Crippen LogP contribution is -2.16. The third-order valence-electron chi connectivity index (χ3n) is 4.77. The van der Waals surface area contributed by atoms with E-state index in [-0.39, 0.29) is 22.1 Å². The van der Waals surface area contributed by atoms with Gasteiger partial charge in [-0.05, 0) is 55.5 Å². The molecule has 2 heterocycles. The molecule has 0 spiro atoms. The van der Waals surface area contributed by atoms with Crippen LogP contribution >= 0.6 is 0 Å². The van der Waals surface area contributed by atoms with E-state index in [0.29, 0.717) is 17.3 Å². The lowest BCUT2D eigenvalue weighted by atomic mass is 10.2. The van der Waals surface area contributed by atoms with Gasteiger partial charge in [-0.1, -0.05) is 0 Å². The van der Waals surface area contributed by atoms with Gasteiger partial charge in [0.15, 0.2) is 5.82 Å². The SMILES string of the molecule is COc1ccc(S(=O)(=O)Nc2ccc(Oc3ccc(-n4ccnc4C)nn3)cc2)cc1C(N)=O. The lowest BCUT2D eigenvalue weighted by Gasteiger charge is -2.11. The fourth-order valence-electron chi connectivity index (χ4n) is 3.09. The topological polar surface area (TPSA) is 151 Å². The van der Waals surface area contributed by atoms with E-state index in [1.54, 1.807) is 41.2 Å². The van der Waals surface area contributed by atoms with Crippen LogP contribution in [0, 0.1) is 6.92 Å². The van der Waals surface area contributed by atoms with E-state index in [0.717, 1.165) is 11.9 Å². The molecule has 0 aliphatic heterocycles. The Hall–Kier alpha value is -4.45. The van der Waals surface area contributed by atoms with Crippen molar-refractivity contribution in [2.45, 2.75) is 11.8 Å². The number of carbonyl (C=O) groups excluding carboxylic acids is 1. The molecule has 12 heteroatoms. The fourth-order valence-corrected chi connectivity index (χ4v) is 4.17. The van der Waals surface area contributed by atoms with Crippen molar-refractivity contribution in [3.63, 3.8) is 0 Å². The van der Waals surface area contributed by atoms with Crippen molar-refractivity contribution < 1.29 is 22.7 Å². The summed E-state index contributed by atoms with van der Waals surface area (Å²) in [7, 11) is -2.62. The molecule has 1 amide bonds. The number of benzene rings is 2. The van der Waals surface area contributed by atoms with E-state index < -0.39 is 15.9 Å². The quantitative estimate of drug-likeness (QED) is 0.391. The summed E-state index contributed by atoms with van der Waals surface area (Å²) >= 11 is 0. The van der Waals surface area contributed by atoms with Crippen LogP contribution < -0.4 is 19.9 Å². The van der Waals surface area contributed by atoms with Crippen molar-refractivity contribution in [3.8, 4) is 23.2 Å². The number of anilines is 1. The van der Waals surface area contributed by atoms with Crippen molar-refractivity contribution in [1.29, 1.82) is 0 Å². The Balaban J connectivity index is 1.46. The second-order valence-corrected chi connectivity index (χ2v) is 8.71. The van der Waals surface area contributed by atoms with E-state index in [9.17, 15) is 13.2 Å². The molecule has 4 aromatic rings. The van der Waals surface area contributed by atoms with Crippen LogP contribution in [0.5, 0.6) is 17.4 Å². The zero-order chi connectivity index (χ0) is 24.3. The highest BCUT2D eigenvalue weighted by Gasteiger charge is 2.19. The molecule has 0 aliphatic carbocycles. The van der Waals surface area contributed by atoms with Crippen LogP contribution in [0.1, 0.15) is 16.2 Å². The maximum atomic E-state index is 12.7. The van der Waals surface area contributed by atoms with Crippen molar-refractivity contribution in [3.05, 3.63) is 78.4 Å². The number of imidazole rings is 1. The van der Waals surface area contributed by atoms with E-state index in [1.165, 1.54) is 31.4 Å². The highest BCUT2D eigenvalue weighted by Crippen LogP contribution is 2.26. The number of nitrogens with zero attached hydrogens (tertiary/aromatic N) is 4. The largest absolute Gasteiger partial charge is 0.496 e. The van der Waals surface area contributed by atoms with Gasteiger partial charge in [0.25, 0.3) is 15.9 Å². The number of carbonyl (C=O) groups is 1. The third kappa shape index (κ3) is 4.81. The Morgan fingerprint density at radius 3 is 2.41 bits per heavy atom.